The lowest BCUT2D eigenvalue weighted by molar-refractivity contribution is 0.252. The molecule has 1 N–H and O–H groups in total. The maximum Gasteiger partial charge on any atom is 0.200 e. The predicted molar refractivity (Wildman–Crippen MR) is 66.9 cm³/mol. The van der Waals surface area contributed by atoms with Gasteiger partial charge in [0.2, 0.25) is 5.82 Å². The highest BCUT2D eigenvalue weighted by atomic mass is 19.2. The van der Waals surface area contributed by atoms with E-state index in [9.17, 15) is 8.78 Å². The Morgan fingerprint density at radius 3 is 2.84 bits per heavy atom. The minimum atomic E-state index is -0.985. The monoisotopic (exact) mass is 267 g/mol. The maximum atomic E-state index is 13.4. The molecule has 2 aromatic rings. The van der Waals surface area contributed by atoms with Crippen LogP contribution in [0.1, 0.15) is 17.1 Å². The van der Waals surface area contributed by atoms with E-state index in [1.807, 2.05) is 20.0 Å². The molecule has 1 aromatic carbocycles. The zero-order chi connectivity index (χ0) is 13.8. The average Bonchev–Trinajstić information content (AvgIpc) is 2.73. The van der Waals surface area contributed by atoms with Crippen molar-refractivity contribution >= 4 is 0 Å². The molecule has 0 saturated heterocycles. The van der Waals surface area contributed by atoms with Crippen molar-refractivity contribution in [3.05, 3.63) is 53.0 Å². The molecule has 0 saturated carbocycles. The highest BCUT2D eigenvalue weighted by Gasteiger charge is 2.11. The number of benzene rings is 1. The third-order valence-electron chi connectivity index (χ3n) is 2.72. The lowest BCUT2D eigenvalue weighted by Crippen LogP contribution is -2.04. The quantitative estimate of drug-likeness (QED) is 0.903. The number of nitrogens with one attached hydrogen (secondary N) is 1. The summed E-state index contributed by atoms with van der Waals surface area (Å²) in [5, 5.41) is 3.02. The largest absolute Gasteiger partial charge is 0.482 e. The van der Waals surface area contributed by atoms with E-state index in [1.54, 1.807) is 0 Å². The van der Waals surface area contributed by atoms with Crippen molar-refractivity contribution in [1.29, 1.82) is 0 Å². The van der Waals surface area contributed by atoms with Gasteiger partial charge in [0.25, 0.3) is 0 Å². The van der Waals surface area contributed by atoms with Crippen molar-refractivity contribution in [2.24, 2.45) is 0 Å². The van der Waals surface area contributed by atoms with Crippen LogP contribution in [0.15, 0.2) is 28.7 Å². The van der Waals surface area contributed by atoms with Gasteiger partial charge in [-0.25, -0.2) is 4.39 Å². The van der Waals surface area contributed by atoms with Gasteiger partial charge in [0.1, 0.15) is 18.1 Å². The Morgan fingerprint density at radius 2 is 2.11 bits per heavy atom. The van der Waals surface area contributed by atoms with Crippen molar-refractivity contribution in [2.45, 2.75) is 20.1 Å². The summed E-state index contributed by atoms with van der Waals surface area (Å²) < 4.78 is 37.1. The molecule has 0 aliphatic rings. The molecule has 0 aliphatic heterocycles. The van der Waals surface area contributed by atoms with Crippen LogP contribution < -0.4 is 10.1 Å². The predicted octanol–water partition coefficient (Wildman–Crippen LogP) is 3.16. The van der Waals surface area contributed by atoms with Crippen molar-refractivity contribution in [1.82, 2.24) is 5.32 Å². The van der Waals surface area contributed by atoms with Crippen LogP contribution in [0.3, 0.4) is 0 Å². The Labute approximate surface area is 110 Å². The third kappa shape index (κ3) is 3.12. The summed E-state index contributed by atoms with van der Waals surface area (Å²) in [5.41, 5.74) is 1.01. The highest BCUT2D eigenvalue weighted by molar-refractivity contribution is 5.26. The first kappa shape index (κ1) is 13.5. The molecule has 0 fully saturated rings. The standard InChI is InChI=1S/C14H15F2NO2/c1-9-10(7-17-2)6-11(19-9)8-18-13-5-3-4-12(15)14(13)16/h3-6,17H,7-8H2,1-2H3. The van der Waals surface area contributed by atoms with Crippen LogP contribution in [-0.4, -0.2) is 7.05 Å². The number of halogens is 2. The molecular formula is C14H15F2NO2. The fourth-order valence-corrected chi connectivity index (χ4v) is 1.77. The molecule has 3 nitrogen and oxygen atoms in total. The van der Waals surface area contributed by atoms with E-state index in [0.29, 0.717) is 12.3 Å². The third-order valence-corrected chi connectivity index (χ3v) is 2.72. The molecule has 0 amide bonds. The molecule has 1 aromatic heterocycles. The van der Waals surface area contributed by atoms with Gasteiger partial charge in [0.15, 0.2) is 11.6 Å². The summed E-state index contributed by atoms with van der Waals surface area (Å²) in [6, 6.07) is 5.66. The first-order valence-corrected chi connectivity index (χ1v) is 5.91. The van der Waals surface area contributed by atoms with Crippen LogP contribution in [0.2, 0.25) is 0 Å². The van der Waals surface area contributed by atoms with Gasteiger partial charge in [-0.15, -0.1) is 0 Å². The maximum absolute atomic E-state index is 13.4. The van der Waals surface area contributed by atoms with Gasteiger partial charge < -0.3 is 14.5 Å². The first-order chi connectivity index (χ1) is 9.11. The SMILES string of the molecule is CNCc1cc(COc2cccc(F)c2F)oc1C. The Kier molecular flexibility index (Phi) is 4.16. The zero-order valence-electron chi connectivity index (χ0n) is 10.8. The van der Waals surface area contributed by atoms with E-state index < -0.39 is 11.6 Å². The first-order valence-electron chi connectivity index (χ1n) is 5.91. The molecule has 2 rings (SSSR count). The van der Waals surface area contributed by atoms with Gasteiger partial charge in [-0.05, 0) is 32.2 Å². The smallest absolute Gasteiger partial charge is 0.200 e. The van der Waals surface area contributed by atoms with E-state index in [2.05, 4.69) is 5.32 Å². The number of ether oxygens (including phenoxy) is 1. The number of hydrogen-bond acceptors (Lipinski definition) is 3. The van der Waals surface area contributed by atoms with Crippen molar-refractivity contribution in [3.8, 4) is 5.75 Å². The van der Waals surface area contributed by atoms with Gasteiger partial charge in [0.05, 0.1) is 0 Å². The topological polar surface area (TPSA) is 34.4 Å². The lowest BCUT2D eigenvalue weighted by Gasteiger charge is -2.05. The van der Waals surface area contributed by atoms with Crippen LogP contribution in [0.5, 0.6) is 5.75 Å². The lowest BCUT2D eigenvalue weighted by atomic mass is 10.2. The summed E-state index contributed by atoms with van der Waals surface area (Å²) in [4.78, 5) is 0. The van der Waals surface area contributed by atoms with Crippen LogP contribution in [0.4, 0.5) is 8.78 Å². The summed E-state index contributed by atoms with van der Waals surface area (Å²) in [5.74, 6) is -0.673. The van der Waals surface area contributed by atoms with Crippen molar-refractivity contribution in [2.75, 3.05) is 7.05 Å². The Hall–Kier alpha value is -1.88. The Bertz CT molecular complexity index is 567. The molecule has 0 aliphatic carbocycles. The fourth-order valence-electron chi connectivity index (χ4n) is 1.77. The number of rotatable bonds is 5. The fraction of sp³-hybridized carbons (Fsp3) is 0.286. The highest BCUT2D eigenvalue weighted by Crippen LogP contribution is 2.21. The summed E-state index contributed by atoms with van der Waals surface area (Å²) in [7, 11) is 1.84. The second-order valence-corrected chi connectivity index (χ2v) is 4.17. The normalized spacial score (nSPS) is 10.7. The molecule has 0 bridgehead atoms. The van der Waals surface area contributed by atoms with Crippen LogP contribution in [0, 0.1) is 18.6 Å². The molecule has 5 heteroatoms. The number of aryl methyl sites for hydroxylation is 1. The van der Waals surface area contributed by atoms with E-state index in [1.165, 1.54) is 12.1 Å². The van der Waals surface area contributed by atoms with Crippen LogP contribution in [0.25, 0.3) is 0 Å². The summed E-state index contributed by atoms with van der Waals surface area (Å²) in [6.07, 6.45) is 0. The van der Waals surface area contributed by atoms with Crippen LogP contribution in [-0.2, 0) is 13.2 Å². The Balaban J connectivity index is 2.06. The molecule has 0 atom stereocenters. The summed E-state index contributed by atoms with van der Waals surface area (Å²) >= 11 is 0. The second kappa shape index (κ2) is 5.84. The van der Waals surface area contributed by atoms with E-state index in [4.69, 9.17) is 9.15 Å². The number of hydrogen-bond donors (Lipinski definition) is 1. The minimum Gasteiger partial charge on any atom is -0.482 e. The van der Waals surface area contributed by atoms with Crippen LogP contribution >= 0.6 is 0 Å². The van der Waals surface area contributed by atoms with Gasteiger partial charge in [0, 0.05) is 12.1 Å². The van der Waals surface area contributed by atoms with Gasteiger partial charge in [-0.3, -0.25) is 0 Å². The molecule has 102 valence electrons. The number of furan rings is 1. The van der Waals surface area contributed by atoms with Crippen molar-refractivity contribution < 1.29 is 17.9 Å². The molecule has 0 unspecified atom stereocenters. The molecule has 1 heterocycles. The Morgan fingerprint density at radius 1 is 1.32 bits per heavy atom. The minimum absolute atomic E-state index is 0.0604. The van der Waals surface area contributed by atoms with E-state index >= 15 is 0 Å². The zero-order valence-corrected chi connectivity index (χ0v) is 10.8. The average molecular weight is 267 g/mol. The second-order valence-electron chi connectivity index (χ2n) is 4.17. The molecular weight excluding hydrogens is 252 g/mol. The van der Waals surface area contributed by atoms with Gasteiger partial charge >= 0.3 is 0 Å². The van der Waals surface area contributed by atoms with Crippen molar-refractivity contribution in [3.63, 3.8) is 0 Å². The molecule has 19 heavy (non-hydrogen) atoms. The molecule has 0 radical (unpaired) electrons. The summed E-state index contributed by atoms with van der Waals surface area (Å²) in [6.45, 7) is 2.59. The van der Waals surface area contributed by atoms with Gasteiger partial charge in [-0.2, -0.15) is 4.39 Å². The molecule has 0 spiro atoms. The van der Waals surface area contributed by atoms with E-state index in [-0.39, 0.29) is 12.4 Å². The van der Waals surface area contributed by atoms with E-state index in [0.717, 1.165) is 17.4 Å². The van der Waals surface area contributed by atoms with Gasteiger partial charge in [-0.1, -0.05) is 6.07 Å².